The van der Waals surface area contributed by atoms with Crippen molar-refractivity contribution in [3.05, 3.63) is 89.5 Å². The van der Waals surface area contributed by atoms with Crippen LogP contribution < -0.4 is 9.64 Å². The summed E-state index contributed by atoms with van der Waals surface area (Å²) < 4.78 is 5.51. The van der Waals surface area contributed by atoms with Gasteiger partial charge in [-0.25, -0.2) is 0 Å². The van der Waals surface area contributed by atoms with Gasteiger partial charge in [-0.1, -0.05) is 48.5 Å². The normalized spacial score (nSPS) is 14.6. The maximum atomic E-state index is 13.5. The molecule has 0 aromatic heterocycles. The summed E-state index contributed by atoms with van der Waals surface area (Å²) in [4.78, 5) is 20.3. The lowest BCUT2D eigenvalue weighted by molar-refractivity contribution is 0.104. The molecule has 0 amide bonds. The SMILES string of the molecule is COc1ccc(C=CC(=O)c2cc(N3CCN(C)CC3)ccc2-c2ccccc2)cc1CN(C)C. The first-order chi connectivity index (χ1) is 16.9. The summed E-state index contributed by atoms with van der Waals surface area (Å²) in [6, 6.07) is 22.5. The first kappa shape index (κ1) is 24.7. The van der Waals surface area contributed by atoms with Gasteiger partial charge in [-0.3, -0.25) is 4.79 Å². The zero-order chi connectivity index (χ0) is 24.8. The number of anilines is 1. The van der Waals surface area contributed by atoms with Crippen LogP contribution in [0, 0.1) is 0 Å². The number of allylic oxidation sites excluding steroid dienone is 1. The molecule has 0 atom stereocenters. The van der Waals surface area contributed by atoms with E-state index < -0.39 is 0 Å². The van der Waals surface area contributed by atoms with Crippen LogP contribution >= 0.6 is 0 Å². The minimum Gasteiger partial charge on any atom is -0.496 e. The molecule has 1 heterocycles. The van der Waals surface area contributed by atoms with Gasteiger partial charge in [0, 0.05) is 49.5 Å². The van der Waals surface area contributed by atoms with Crippen LogP contribution in [0.5, 0.6) is 5.75 Å². The smallest absolute Gasteiger partial charge is 0.186 e. The Morgan fingerprint density at radius 3 is 2.40 bits per heavy atom. The minimum atomic E-state index is 0.00445. The molecule has 0 spiro atoms. The average molecular weight is 470 g/mol. The molecule has 0 saturated carbocycles. The maximum Gasteiger partial charge on any atom is 0.186 e. The van der Waals surface area contributed by atoms with E-state index in [1.54, 1.807) is 13.2 Å². The first-order valence-electron chi connectivity index (χ1n) is 12.1. The van der Waals surface area contributed by atoms with E-state index in [1.165, 1.54) is 0 Å². The van der Waals surface area contributed by atoms with Gasteiger partial charge in [0.15, 0.2) is 5.78 Å². The van der Waals surface area contributed by atoms with Gasteiger partial charge in [-0.05, 0) is 68.2 Å². The lowest BCUT2D eigenvalue weighted by atomic mass is 9.95. The van der Waals surface area contributed by atoms with Gasteiger partial charge in [0.05, 0.1) is 7.11 Å². The molecule has 0 radical (unpaired) electrons. The summed E-state index contributed by atoms with van der Waals surface area (Å²) in [5.74, 6) is 0.859. The number of ketones is 1. The van der Waals surface area contributed by atoms with Crippen molar-refractivity contribution in [2.24, 2.45) is 0 Å². The van der Waals surface area contributed by atoms with Gasteiger partial charge in [-0.15, -0.1) is 0 Å². The summed E-state index contributed by atoms with van der Waals surface area (Å²) in [6.45, 7) is 4.74. The van der Waals surface area contributed by atoms with E-state index >= 15 is 0 Å². The number of piperazine rings is 1. The first-order valence-corrected chi connectivity index (χ1v) is 12.1. The molecule has 0 unspecified atom stereocenters. The van der Waals surface area contributed by atoms with Gasteiger partial charge in [0.25, 0.3) is 0 Å². The number of nitrogens with zero attached hydrogens (tertiary/aromatic N) is 3. The fourth-order valence-electron chi connectivity index (χ4n) is 4.50. The molecule has 5 nitrogen and oxygen atoms in total. The van der Waals surface area contributed by atoms with Crippen LogP contribution in [-0.4, -0.2) is 70.0 Å². The molecule has 0 bridgehead atoms. The van der Waals surface area contributed by atoms with Crippen molar-refractivity contribution in [3.63, 3.8) is 0 Å². The number of carbonyl (C=O) groups is 1. The monoisotopic (exact) mass is 469 g/mol. The van der Waals surface area contributed by atoms with Crippen LogP contribution in [-0.2, 0) is 6.54 Å². The summed E-state index contributed by atoms with van der Waals surface area (Å²) >= 11 is 0. The van der Waals surface area contributed by atoms with Crippen LogP contribution in [0.3, 0.4) is 0 Å². The number of carbonyl (C=O) groups excluding carboxylic acids is 1. The van der Waals surface area contributed by atoms with Crippen LogP contribution in [0.2, 0.25) is 0 Å². The molecule has 5 heteroatoms. The van der Waals surface area contributed by atoms with E-state index in [2.05, 4.69) is 58.1 Å². The molecule has 3 aromatic carbocycles. The average Bonchev–Trinajstić information content (AvgIpc) is 2.87. The molecular formula is C30H35N3O2. The third-order valence-electron chi connectivity index (χ3n) is 6.44. The number of likely N-dealkylation sites (N-methyl/N-ethyl adjacent to an activating group) is 1. The van der Waals surface area contributed by atoms with Gasteiger partial charge >= 0.3 is 0 Å². The quantitative estimate of drug-likeness (QED) is 0.340. The molecule has 3 aromatic rings. The number of hydrogen-bond donors (Lipinski definition) is 0. The number of rotatable bonds is 8. The van der Waals surface area contributed by atoms with E-state index in [0.717, 1.165) is 72.0 Å². The Hall–Kier alpha value is -3.41. The number of benzene rings is 3. The molecule has 35 heavy (non-hydrogen) atoms. The third kappa shape index (κ3) is 6.18. The summed E-state index contributed by atoms with van der Waals surface area (Å²) in [5.41, 5.74) is 5.91. The van der Waals surface area contributed by atoms with Crippen LogP contribution in [0.25, 0.3) is 17.2 Å². The van der Waals surface area contributed by atoms with Crippen molar-refractivity contribution in [2.75, 3.05) is 59.3 Å². The highest BCUT2D eigenvalue weighted by molar-refractivity contribution is 6.11. The van der Waals surface area contributed by atoms with E-state index in [-0.39, 0.29) is 5.78 Å². The van der Waals surface area contributed by atoms with Crippen molar-refractivity contribution >= 4 is 17.5 Å². The van der Waals surface area contributed by atoms with E-state index in [4.69, 9.17) is 4.74 Å². The maximum absolute atomic E-state index is 13.5. The molecule has 1 aliphatic heterocycles. The molecule has 182 valence electrons. The Morgan fingerprint density at radius 1 is 0.971 bits per heavy atom. The van der Waals surface area contributed by atoms with Crippen molar-refractivity contribution < 1.29 is 9.53 Å². The highest BCUT2D eigenvalue weighted by atomic mass is 16.5. The van der Waals surface area contributed by atoms with Gasteiger partial charge in [-0.2, -0.15) is 0 Å². The predicted molar refractivity (Wildman–Crippen MR) is 145 cm³/mol. The van der Waals surface area contributed by atoms with Gasteiger partial charge < -0.3 is 19.4 Å². The van der Waals surface area contributed by atoms with Crippen molar-refractivity contribution in [1.29, 1.82) is 0 Å². The minimum absolute atomic E-state index is 0.00445. The predicted octanol–water partition coefficient (Wildman–Crippen LogP) is 5.07. The Bertz CT molecular complexity index is 1180. The van der Waals surface area contributed by atoms with E-state index in [0.29, 0.717) is 0 Å². The fraction of sp³-hybridized carbons (Fsp3) is 0.300. The van der Waals surface area contributed by atoms with Gasteiger partial charge in [0.1, 0.15) is 5.75 Å². The number of ether oxygens (including phenoxy) is 1. The molecule has 0 N–H and O–H groups in total. The van der Waals surface area contributed by atoms with E-state index in [1.807, 2.05) is 50.5 Å². The molecule has 1 fully saturated rings. The van der Waals surface area contributed by atoms with E-state index in [9.17, 15) is 4.79 Å². The van der Waals surface area contributed by atoms with Crippen molar-refractivity contribution in [2.45, 2.75) is 6.54 Å². The lowest BCUT2D eigenvalue weighted by Crippen LogP contribution is -2.44. The van der Waals surface area contributed by atoms with Gasteiger partial charge in [0.2, 0.25) is 0 Å². The number of hydrogen-bond acceptors (Lipinski definition) is 5. The molecular weight excluding hydrogens is 434 g/mol. The molecule has 1 saturated heterocycles. The van der Waals surface area contributed by atoms with Crippen LogP contribution in [0.1, 0.15) is 21.5 Å². The van der Waals surface area contributed by atoms with Crippen LogP contribution in [0.15, 0.2) is 72.8 Å². The topological polar surface area (TPSA) is 36.0 Å². The lowest BCUT2D eigenvalue weighted by Gasteiger charge is -2.34. The number of methoxy groups -OCH3 is 1. The Morgan fingerprint density at radius 2 is 1.71 bits per heavy atom. The zero-order valence-electron chi connectivity index (χ0n) is 21.2. The molecule has 1 aliphatic rings. The summed E-state index contributed by atoms with van der Waals surface area (Å²) in [7, 11) is 7.90. The van der Waals surface area contributed by atoms with Crippen LogP contribution in [0.4, 0.5) is 5.69 Å². The largest absolute Gasteiger partial charge is 0.496 e. The molecule has 4 rings (SSSR count). The highest BCUT2D eigenvalue weighted by Crippen LogP contribution is 2.30. The third-order valence-corrected chi connectivity index (χ3v) is 6.44. The second kappa shape index (κ2) is 11.3. The molecule has 0 aliphatic carbocycles. The van der Waals surface area contributed by atoms with Crippen molar-refractivity contribution in [1.82, 2.24) is 9.80 Å². The second-order valence-corrected chi connectivity index (χ2v) is 9.39. The van der Waals surface area contributed by atoms with Crippen molar-refractivity contribution in [3.8, 4) is 16.9 Å². The standard InChI is InChI=1S/C30H35N3O2/c1-31(2)22-25-20-23(11-15-30(25)35-4)10-14-29(34)28-21-26(33-18-16-32(3)17-19-33)12-13-27(28)24-8-6-5-7-9-24/h5-15,20-21H,16-19,22H2,1-4H3. The summed E-state index contributed by atoms with van der Waals surface area (Å²) in [6.07, 6.45) is 3.59. The highest BCUT2D eigenvalue weighted by Gasteiger charge is 2.18. The fourth-order valence-corrected chi connectivity index (χ4v) is 4.50. The Kier molecular flexibility index (Phi) is 8.01. The Balaban J connectivity index is 1.65. The zero-order valence-corrected chi connectivity index (χ0v) is 21.2. The second-order valence-electron chi connectivity index (χ2n) is 9.39. The Labute approximate surface area is 209 Å². The summed E-state index contributed by atoms with van der Waals surface area (Å²) in [5, 5.41) is 0.